The Hall–Kier alpha value is -1.39. The van der Waals surface area contributed by atoms with E-state index in [1.807, 2.05) is 0 Å². The van der Waals surface area contributed by atoms with Gasteiger partial charge in [0.15, 0.2) is 5.78 Å². The van der Waals surface area contributed by atoms with Gasteiger partial charge in [-0.3, -0.25) is 14.4 Å². The molecule has 0 saturated carbocycles. The van der Waals surface area contributed by atoms with Crippen LogP contribution in [0.2, 0.25) is 0 Å². The molecule has 13 heavy (non-hydrogen) atoms. The van der Waals surface area contributed by atoms with Gasteiger partial charge in [-0.1, -0.05) is 13.8 Å². The number of carbonyl (C=O) groups excluding carboxylic acids is 3. The summed E-state index contributed by atoms with van der Waals surface area (Å²) in [5.41, 5.74) is 0. The van der Waals surface area contributed by atoms with Crippen molar-refractivity contribution in [1.29, 1.82) is 0 Å². The summed E-state index contributed by atoms with van der Waals surface area (Å²) in [6.07, 6.45) is 0.434. The third-order valence-corrected chi connectivity index (χ3v) is 1.45. The summed E-state index contributed by atoms with van der Waals surface area (Å²) in [7, 11) is 0. The zero-order valence-corrected chi connectivity index (χ0v) is 7.79. The highest BCUT2D eigenvalue weighted by molar-refractivity contribution is 5.88. The highest BCUT2D eigenvalue weighted by atomic mass is 16.2. The van der Waals surface area contributed by atoms with E-state index in [0.29, 0.717) is 6.41 Å². The predicted octanol–water partition coefficient (Wildman–Crippen LogP) is -0.926. The summed E-state index contributed by atoms with van der Waals surface area (Å²) in [6.45, 7) is 3.46. The molecule has 0 bridgehead atoms. The first-order valence-corrected chi connectivity index (χ1v) is 4.04. The van der Waals surface area contributed by atoms with Gasteiger partial charge in [0.25, 0.3) is 0 Å². The third kappa shape index (κ3) is 5.84. The lowest BCUT2D eigenvalue weighted by Gasteiger charge is -2.05. The zero-order valence-electron chi connectivity index (χ0n) is 7.79. The number of amides is 2. The molecule has 2 N–H and O–H groups in total. The molecule has 2 amide bonds. The first-order chi connectivity index (χ1) is 6.07. The van der Waals surface area contributed by atoms with Crippen LogP contribution in [0, 0.1) is 5.92 Å². The number of rotatable bonds is 6. The van der Waals surface area contributed by atoms with Gasteiger partial charge < -0.3 is 10.6 Å². The van der Waals surface area contributed by atoms with Gasteiger partial charge >= 0.3 is 0 Å². The lowest BCUT2D eigenvalue weighted by atomic mass is 10.1. The molecule has 74 valence electrons. The molecule has 0 atom stereocenters. The Balaban J connectivity index is 3.57. The quantitative estimate of drug-likeness (QED) is 0.526. The van der Waals surface area contributed by atoms with Crippen LogP contribution in [-0.4, -0.2) is 31.2 Å². The van der Waals surface area contributed by atoms with Crippen molar-refractivity contribution in [3.63, 3.8) is 0 Å². The SMILES string of the molecule is CC(C)C(=O)CNC(=O)CNC=O. The molecule has 0 aromatic carbocycles. The van der Waals surface area contributed by atoms with Crippen LogP contribution in [0.4, 0.5) is 0 Å². The maximum absolute atomic E-state index is 11.0. The van der Waals surface area contributed by atoms with Crippen LogP contribution >= 0.6 is 0 Å². The number of ketones is 1. The van der Waals surface area contributed by atoms with Gasteiger partial charge in [0.1, 0.15) is 0 Å². The maximum Gasteiger partial charge on any atom is 0.239 e. The minimum absolute atomic E-state index is 0.0248. The van der Waals surface area contributed by atoms with Crippen molar-refractivity contribution in [1.82, 2.24) is 10.6 Å². The normalized spacial score (nSPS) is 9.46. The van der Waals surface area contributed by atoms with Crippen LogP contribution in [0.3, 0.4) is 0 Å². The Morgan fingerprint density at radius 1 is 1.31 bits per heavy atom. The molecule has 0 aromatic heterocycles. The van der Waals surface area contributed by atoms with Crippen LogP contribution in [0.1, 0.15) is 13.8 Å². The van der Waals surface area contributed by atoms with E-state index in [1.54, 1.807) is 13.8 Å². The number of nitrogens with one attached hydrogen (secondary N) is 2. The Bertz CT molecular complexity index is 202. The molecule has 0 aliphatic heterocycles. The number of hydrogen-bond donors (Lipinski definition) is 2. The monoisotopic (exact) mass is 186 g/mol. The van der Waals surface area contributed by atoms with Crippen molar-refractivity contribution >= 4 is 18.1 Å². The van der Waals surface area contributed by atoms with E-state index in [-0.39, 0.29) is 30.7 Å². The molecule has 0 radical (unpaired) electrons. The van der Waals surface area contributed by atoms with Gasteiger partial charge in [-0.05, 0) is 0 Å². The van der Waals surface area contributed by atoms with Crippen LogP contribution in [0.5, 0.6) is 0 Å². The molecule has 0 aliphatic carbocycles. The third-order valence-electron chi connectivity index (χ3n) is 1.45. The number of carbonyl (C=O) groups is 3. The second-order valence-electron chi connectivity index (χ2n) is 2.90. The summed E-state index contributed by atoms with van der Waals surface area (Å²) in [6, 6.07) is 0. The van der Waals surface area contributed by atoms with E-state index in [0.717, 1.165) is 0 Å². The average molecular weight is 186 g/mol. The van der Waals surface area contributed by atoms with Crippen molar-refractivity contribution in [3.8, 4) is 0 Å². The molecule has 0 unspecified atom stereocenters. The molecule has 0 spiro atoms. The molecule has 0 saturated heterocycles. The van der Waals surface area contributed by atoms with Crippen LogP contribution in [0.15, 0.2) is 0 Å². The van der Waals surface area contributed by atoms with E-state index >= 15 is 0 Å². The van der Waals surface area contributed by atoms with E-state index in [4.69, 9.17) is 0 Å². The van der Waals surface area contributed by atoms with Crippen molar-refractivity contribution in [2.24, 2.45) is 5.92 Å². The molecule has 0 aliphatic rings. The Morgan fingerprint density at radius 3 is 2.38 bits per heavy atom. The first-order valence-electron chi connectivity index (χ1n) is 4.04. The number of Topliss-reactive ketones (excluding diaryl/α,β-unsaturated/α-hetero) is 1. The van der Waals surface area contributed by atoms with Crippen molar-refractivity contribution in [3.05, 3.63) is 0 Å². The first kappa shape index (κ1) is 11.6. The Kier molecular flexibility index (Phi) is 5.50. The van der Waals surface area contributed by atoms with Gasteiger partial charge in [-0.2, -0.15) is 0 Å². The number of hydrogen-bond acceptors (Lipinski definition) is 3. The largest absolute Gasteiger partial charge is 0.350 e. The second-order valence-corrected chi connectivity index (χ2v) is 2.90. The molecule has 0 aromatic rings. The van der Waals surface area contributed by atoms with Crippen LogP contribution < -0.4 is 10.6 Å². The second kappa shape index (κ2) is 6.16. The summed E-state index contributed by atoms with van der Waals surface area (Å²) in [4.78, 5) is 31.7. The highest BCUT2D eigenvalue weighted by Gasteiger charge is 2.08. The van der Waals surface area contributed by atoms with E-state index in [1.165, 1.54) is 0 Å². The average Bonchev–Trinajstić information content (AvgIpc) is 2.10. The van der Waals surface area contributed by atoms with Crippen molar-refractivity contribution in [2.75, 3.05) is 13.1 Å². The lowest BCUT2D eigenvalue weighted by molar-refractivity contribution is -0.126. The van der Waals surface area contributed by atoms with Crippen molar-refractivity contribution < 1.29 is 14.4 Å². The molecule has 0 fully saturated rings. The summed E-state index contributed by atoms with van der Waals surface area (Å²) < 4.78 is 0. The minimum atomic E-state index is -0.360. The van der Waals surface area contributed by atoms with Crippen molar-refractivity contribution in [2.45, 2.75) is 13.8 Å². The summed E-state index contributed by atoms with van der Waals surface area (Å²) >= 11 is 0. The fourth-order valence-electron chi connectivity index (χ4n) is 0.587. The van der Waals surface area contributed by atoms with Crippen LogP contribution in [0.25, 0.3) is 0 Å². The molecule has 0 heterocycles. The Labute approximate surface area is 76.9 Å². The van der Waals surface area contributed by atoms with Gasteiger partial charge in [0.2, 0.25) is 12.3 Å². The fraction of sp³-hybridized carbons (Fsp3) is 0.625. The van der Waals surface area contributed by atoms with Crippen LogP contribution in [-0.2, 0) is 14.4 Å². The van der Waals surface area contributed by atoms with E-state index < -0.39 is 0 Å². The molecule has 5 heteroatoms. The minimum Gasteiger partial charge on any atom is -0.350 e. The van der Waals surface area contributed by atoms with E-state index in [2.05, 4.69) is 10.6 Å². The molecule has 0 rings (SSSR count). The smallest absolute Gasteiger partial charge is 0.239 e. The standard InChI is InChI=1S/C8H14N2O3/c1-6(2)7(12)3-10-8(13)4-9-5-11/h5-6H,3-4H2,1-2H3,(H,9,11)(H,10,13). The topological polar surface area (TPSA) is 75.3 Å². The molecular weight excluding hydrogens is 172 g/mol. The molecular formula is C8H14N2O3. The van der Waals surface area contributed by atoms with Gasteiger partial charge in [-0.15, -0.1) is 0 Å². The maximum atomic E-state index is 11.0. The summed E-state index contributed by atoms with van der Waals surface area (Å²) in [5, 5.41) is 4.59. The lowest BCUT2D eigenvalue weighted by Crippen LogP contribution is -2.37. The highest BCUT2D eigenvalue weighted by Crippen LogP contribution is 1.91. The predicted molar refractivity (Wildman–Crippen MR) is 46.9 cm³/mol. The molecule has 5 nitrogen and oxygen atoms in total. The Morgan fingerprint density at radius 2 is 1.92 bits per heavy atom. The van der Waals surface area contributed by atoms with E-state index in [9.17, 15) is 14.4 Å². The van der Waals surface area contributed by atoms with Gasteiger partial charge in [0, 0.05) is 5.92 Å². The van der Waals surface area contributed by atoms with Gasteiger partial charge in [-0.25, -0.2) is 0 Å². The van der Waals surface area contributed by atoms with Gasteiger partial charge in [0.05, 0.1) is 13.1 Å². The fourth-order valence-corrected chi connectivity index (χ4v) is 0.587. The zero-order chi connectivity index (χ0) is 10.3. The summed E-state index contributed by atoms with van der Waals surface area (Å²) in [5.74, 6) is -0.472.